The molecule has 0 saturated heterocycles. The van der Waals surface area contributed by atoms with E-state index in [9.17, 15) is 5.11 Å². The monoisotopic (exact) mass is 307 g/mol. The second-order valence-corrected chi connectivity index (χ2v) is 6.01. The molecule has 0 spiro atoms. The van der Waals surface area contributed by atoms with Gasteiger partial charge >= 0.3 is 6.01 Å². The number of nitrogens with one attached hydrogen (secondary N) is 1. The molecule has 0 aliphatic heterocycles. The number of anilines is 1. The lowest BCUT2D eigenvalue weighted by atomic mass is 9.85. The standard InChI is InChI=1S/C15H18ClN3O2/c16-12-6-4-5-11(9-12)13-18-14(21-19-13)17-10-15(20)7-2-1-3-8-15/h4-6,9,20H,1-3,7-8,10H2,(H,17,18,19). The molecule has 2 N–H and O–H groups in total. The SMILES string of the molecule is OC1(CNc2nc(-c3cccc(Cl)c3)no2)CCCCC1. The Bertz CT molecular complexity index is 608. The maximum Gasteiger partial charge on any atom is 0.321 e. The van der Waals surface area contributed by atoms with Gasteiger partial charge in [-0.05, 0) is 25.0 Å². The minimum absolute atomic E-state index is 0.323. The zero-order valence-corrected chi connectivity index (χ0v) is 12.4. The molecule has 1 aromatic heterocycles. The first-order valence-corrected chi connectivity index (χ1v) is 7.58. The summed E-state index contributed by atoms with van der Waals surface area (Å²) in [4.78, 5) is 4.28. The average Bonchev–Trinajstić information content (AvgIpc) is 2.95. The van der Waals surface area contributed by atoms with Gasteiger partial charge in [0.05, 0.1) is 5.60 Å². The van der Waals surface area contributed by atoms with Gasteiger partial charge in [0.1, 0.15) is 0 Å². The van der Waals surface area contributed by atoms with E-state index in [0.717, 1.165) is 31.2 Å². The molecule has 1 aliphatic carbocycles. The number of halogens is 1. The third kappa shape index (κ3) is 3.54. The Kier molecular flexibility index (Phi) is 4.12. The number of hydrogen-bond donors (Lipinski definition) is 2. The van der Waals surface area contributed by atoms with Crippen molar-refractivity contribution in [3.05, 3.63) is 29.3 Å². The molecule has 21 heavy (non-hydrogen) atoms. The summed E-state index contributed by atoms with van der Waals surface area (Å²) in [5.41, 5.74) is 0.138. The van der Waals surface area contributed by atoms with Crippen molar-refractivity contribution in [2.75, 3.05) is 11.9 Å². The normalized spacial score (nSPS) is 17.6. The summed E-state index contributed by atoms with van der Waals surface area (Å²) in [6.07, 6.45) is 4.96. The molecule has 0 unspecified atom stereocenters. The Morgan fingerprint density at radius 2 is 2.10 bits per heavy atom. The first-order valence-electron chi connectivity index (χ1n) is 7.21. The van der Waals surface area contributed by atoms with E-state index >= 15 is 0 Å². The molecular weight excluding hydrogens is 290 g/mol. The highest BCUT2D eigenvalue weighted by molar-refractivity contribution is 6.30. The lowest BCUT2D eigenvalue weighted by Crippen LogP contribution is -2.38. The maximum absolute atomic E-state index is 10.4. The summed E-state index contributed by atoms with van der Waals surface area (Å²) >= 11 is 5.95. The van der Waals surface area contributed by atoms with Crippen LogP contribution in [0.25, 0.3) is 11.4 Å². The van der Waals surface area contributed by atoms with Gasteiger partial charge in [0.25, 0.3) is 0 Å². The number of hydrogen-bond acceptors (Lipinski definition) is 5. The highest BCUT2D eigenvalue weighted by atomic mass is 35.5. The summed E-state index contributed by atoms with van der Waals surface area (Å²) in [6, 6.07) is 7.61. The molecule has 1 saturated carbocycles. The van der Waals surface area contributed by atoms with Crippen molar-refractivity contribution in [3.8, 4) is 11.4 Å². The Hall–Kier alpha value is -1.59. The molecule has 0 radical (unpaired) electrons. The van der Waals surface area contributed by atoms with Crippen molar-refractivity contribution < 1.29 is 9.63 Å². The van der Waals surface area contributed by atoms with E-state index in [1.807, 2.05) is 12.1 Å². The van der Waals surface area contributed by atoms with E-state index in [2.05, 4.69) is 15.5 Å². The van der Waals surface area contributed by atoms with Crippen LogP contribution in [-0.2, 0) is 0 Å². The fourth-order valence-corrected chi connectivity index (χ4v) is 2.86. The van der Waals surface area contributed by atoms with Crippen LogP contribution in [0, 0.1) is 0 Å². The second kappa shape index (κ2) is 6.03. The smallest absolute Gasteiger partial charge is 0.321 e. The first kappa shape index (κ1) is 14.4. The van der Waals surface area contributed by atoms with E-state index < -0.39 is 5.60 Å². The minimum atomic E-state index is -0.664. The molecule has 0 atom stereocenters. The lowest BCUT2D eigenvalue weighted by Gasteiger charge is -2.31. The number of nitrogens with zero attached hydrogens (tertiary/aromatic N) is 2. The maximum atomic E-state index is 10.4. The minimum Gasteiger partial charge on any atom is -0.388 e. The molecule has 0 amide bonds. The van der Waals surface area contributed by atoms with Crippen molar-refractivity contribution in [1.29, 1.82) is 0 Å². The lowest BCUT2D eigenvalue weighted by molar-refractivity contribution is 0.0162. The van der Waals surface area contributed by atoms with Crippen molar-refractivity contribution in [3.63, 3.8) is 0 Å². The van der Waals surface area contributed by atoms with Crippen LogP contribution in [0.15, 0.2) is 28.8 Å². The van der Waals surface area contributed by atoms with Gasteiger partial charge in [0.15, 0.2) is 0 Å². The highest BCUT2D eigenvalue weighted by Gasteiger charge is 2.29. The first-order chi connectivity index (χ1) is 10.1. The Morgan fingerprint density at radius 3 is 2.86 bits per heavy atom. The van der Waals surface area contributed by atoms with Crippen LogP contribution < -0.4 is 5.32 Å². The number of rotatable bonds is 4. The van der Waals surface area contributed by atoms with Gasteiger partial charge in [-0.2, -0.15) is 4.98 Å². The number of benzene rings is 1. The molecule has 5 nitrogen and oxygen atoms in total. The molecule has 1 aliphatic rings. The third-order valence-electron chi connectivity index (χ3n) is 3.86. The third-order valence-corrected chi connectivity index (χ3v) is 4.10. The molecule has 1 heterocycles. The van der Waals surface area contributed by atoms with E-state index in [4.69, 9.17) is 16.1 Å². The van der Waals surface area contributed by atoms with Crippen LogP contribution in [-0.4, -0.2) is 27.4 Å². The van der Waals surface area contributed by atoms with Crippen molar-refractivity contribution in [2.45, 2.75) is 37.7 Å². The van der Waals surface area contributed by atoms with Gasteiger partial charge in [-0.3, -0.25) is 0 Å². The Morgan fingerprint density at radius 1 is 1.29 bits per heavy atom. The summed E-state index contributed by atoms with van der Waals surface area (Å²) in [6.45, 7) is 0.435. The summed E-state index contributed by atoms with van der Waals surface area (Å²) in [5.74, 6) is 0.482. The molecule has 2 aromatic rings. The van der Waals surface area contributed by atoms with Gasteiger partial charge in [0, 0.05) is 17.1 Å². The van der Waals surface area contributed by atoms with Crippen LogP contribution in [0.4, 0.5) is 6.01 Å². The average molecular weight is 308 g/mol. The van der Waals surface area contributed by atoms with Crippen LogP contribution in [0.5, 0.6) is 0 Å². The van der Waals surface area contributed by atoms with Crippen molar-refractivity contribution in [2.24, 2.45) is 0 Å². The number of aliphatic hydroxyl groups is 1. The summed E-state index contributed by atoms with van der Waals surface area (Å²) in [5, 5.41) is 18.0. The van der Waals surface area contributed by atoms with Crippen LogP contribution in [0.1, 0.15) is 32.1 Å². The van der Waals surface area contributed by atoms with Gasteiger partial charge < -0.3 is 14.9 Å². The van der Waals surface area contributed by atoms with E-state index in [0.29, 0.717) is 23.4 Å². The van der Waals surface area contributed by atoms with Crippen molar-refractivity contribution >= 4 is 17.6 Å². The topological polar surface area (TPSA) is 71.2 Å². The van der Waals surface area contributed by atoms with Gasteiger partial charge in [0.2, 0.25) is 5.82 Å². The number of aromatic nitrogens is 2. The largest absolute Gasteiger partial charge is 0.388 e. The molecule has 1 aromatic carbocycles. The molecule has 1 fully saturated rings. The Labute approximate surface area is 128 Å². The predicted molar refractivity (Wildman–Crippen MR) is 81.3 cm³/mol. The molecule has 0 bridgehead atoms. The molecule has 3 rings (SSSR count). The fraction of sp³-hybridized carbons (Fsp3) is 0.467. The van der Waals surface area contributed by atoms with E-state index in [1.165, 1.54) is 6.42 Å². The molecular formula is C15H18ClN3O2. The predicted octanol–water partition coefficient (Wildman–Crippen LogP) is 3.50. The van der Waals surface area contributed by atoms with Crippen LogP contribution in [0.3, 0.4) is 0 Å². The van der Waals surface area contributed by atoms with Gasteiger partial charge in [-0.1, -0.05) is 48.2 Å². The van der Waals surface area contributed by atoms with Gasteiger partial charge in [-0.15, -0.1) is 0 Å². The van der Waals surface area contributed by atoms with Crippen molar-refractivity contribution in [1.82, 2.24) is 10.1 Å². The molecule has 6 heteroatoms. The van der Waals surface area contributed by atoms with E-state index in [1.54, 1.807) is 12.1 Å². The quantitative estimate of drug-likeness (QED) is 0.904. The summed E-state index contributed by atoms with van der Waals surface area (Å²) in [7, 11) is 0. The van der Waals surface area contributed by atoms with Crippen LogP contribution >= 0.6 is 11.6 Å². The Balaban J connectivity index is 1.65. The zero-order chi connectivity index (χ0) is 14.7. The fourth-order valence-electron chi connectivity index (χ4n) is 2.67. The summed E-state index contributed by atoms with van der Waals surface area (Å²) < 4.78 is 5.17. The molecule has 112 valence electrons. The zero-order valence-electron chi connectivity index (χ0n) is 11.7. The second-order valence-electron chi connectivity index (χ2n) is 5.57. The van der Waals surface area contributed by atoms with Crippen LogP contribution in [0.2, 0.25) is 5.02 Å². The van der Waals surface area contributed by atoms with E-state index in [-0.39, 0.29) is 0 Å². The highest BCUT2D eigenvalue weighted by Crippen LogP contribution is 2.28. The van der Waals surface area contributed by atoms with Gasteiger partial charge in [-0.25, -0.2) is 0 Å².